The molecule has 6 rings (SSSR count). The molecule has 2 aromatic heterocycles. The lowest BCUT2D eigenvalue weighted by molar-refractivity contribution is -0.133. The minimum Gasteiger partial charge on any atom is -0.493 e. The van der Waals surface area contributed by atoms with Crippen molar-refractivity contribution in [2.45, 2.75) is 25.8 Å². The molecule has 168 valence electrons. The van der Waals surface area contributed by atoms with E-state index in [1.807, 2.05) is 29.3 Å². The van der Waals surface area contributed by atoms with E-state index < -0.39 is 0 Å². The second kappa shape index (κ2) is 9.04. The molecule has 5 heterocycles. The Labute approximate surface area is 186 Å². The number of benzene rings is 1. The van der Waals surface area contributed by atoms with Crippen molar-refractivity contribution in [3.8, 4) is 11.5 Å². The fraction of sp³-hybridized carbons (Fsp3) is 0.435. The van der Waals surface area contributed by atoms with Gasteiger partial charge in [0.15, 0.2) is 11.5 Å². The number of fused-ring (bicyclic) bond motifs is 7. The second-order valence-corrected chi connectivity index (χ2v) is 8.21. The van der Waals surface area contributed by atoms with Crippen LogP contribution in [0.2, 0.25) is 0 Å². The molecular formula is C23H28N6O3. The number of carbonyl (C=O) groups is 1. The zero-order valence-electron chi connectivity index (χ0n) is 18.3. The van der Waals surface area contributed by atoms with Crippen LogP contribution in [0.25, 0.3) is 11.0 Å². The molecule has 9 nitrogen and oxygen atoms in total. The first-order valence-electron chi connectivity index (χ1n) is 11.1. The summed E-state index contributed by atoms with van der Waals surface area (Å²) < 4.78 is 11.5. The van der Waals surface area contributed by atoms with Crippen molar-refractivity contribution in [1.82, 2.24) is 24.8 Å². The fourth-order valence-corrected chi connectivity index (χ4v) is 4.37. The number of anilines is 2. The summed E-state index contributed by atoms with van der Waals surface area (Å²) in [6.07, 6.45) is 5.74. The quantitative estimate of drug-likeness (QED) is 0.606. The smallest absolute Gasteiger partial charge is 0.222 e. The maximum Gasteiger partial charge on any atom is 0.222 e. The lowest BCUT2D eigenvalue weighted by atomic mass is 10.1. The molecule has 0 aliphatic carbocycles. The Hall–Kier alpha value is -3.33. The molecule has 3 aliphatic heterocycles. The third kappa shape index (κ3) is 4.20. The average molecular weight is 437 g/mol. The van der Waals surface area contributed by atoms with Gasteiger partial charge in [0.2, 0.25) is 5.91 Å². The minimum absolute atomic E-state index is 0.234. The summed E-state index contributed by atoms with van der Waals surface area (Å²) in [5.74, 6) is 2.32. The highest BCUT2D eigenvalue weighted by atomic mass is 16.5. The Balaban J connectivity index is 1.50. The predicted octanol–water partition coefficient (Wildman–Crippen LogP) is 2.92. The van der Waals surface area contributed by atoms with E-state index in [-0.39, 0.29) is 5.91 Å². The van der Waals surface area contributed by atoms with Gasteiger partial charge in [0.25, 0.3) is 0 Å². The van der Waals surface area contributed by atoms with Crippen LogP contribution in [-0.2, 0) is 11.3 Å². The maximum atomic E-state index is 12.6. The third-order valence-electron chi connectivity index (χ3n) is 6.14. The molecule has 1 aromatic carbocycles. The topological polar surface area (TPSA) is 95.6 Å². The molecule has 4 bridgehead atoms. The van der Waals surface area contributed by atoms with Gasteiger partial charge in [-0.25, -0.2) is 9.97 Å². The Kier molecular flexibility index (Phi) is 5.81. The second-order valence-electron chi connectivity index (χ2n) is 8.21. The van der Waals surface area contributed by atoms with Crippen LogP contribution in [0.1, 0.15) is 24.8 Å². The van der Waals surface area contributed by atoms with E-state index >= 15 is 0 Å². The summed E-state index contributed by atoms with van der Waals surface area (Å²) in [6.45, 7) is 4.56. The molecule has 1 fully saturated rings. The summed E-state index contributed by atoms with van der Waals surface area (Å²) in [5, 5.41) is 4.42. The summed E-state index contributed by atoms with van der Waals surface area (Å²) in [4.78, 5) is 29.2. The van der Waals surface area contributed by atoms with Crippen LogP contribution in [0.15, 0.2) is 30.7 Å². The van der Waals surface area contributed by atoms with Crippen molar-refractivity contribution in [2.75, 3.05) is 45.2 Å². The molecule has 3 aliphatic rings. The number of aromatic nitrogens is 3. The highest BCUT2D eigenvalue weighted by Gasteiger charge is 2.22. The first-order chi connectivity index (χ1) is 15.7. The SMILES string of the molecule is COc1ccc2cc1OCCCCC(=O)N1CCN(CC1)Cc1c[nH]c3ncnc(c13)N2. The Morgan fingerprint density at radius 2 is 2.00 bits per heavy atom. The first-order valence-corrected chi connectivity index (χ1v) is 11.1. The zero-order chi connectivity index (χ0) is 21.9. The number of carbonyl (C=O) groups excluding carboxylic acids is 1. The number of aromatic amines is 1. The molecule has 32 heavy (non-hydrogen) atoms. The van der Waals surface area contributed by atoms with Gasteiger partial charge in [0.1, 0.15) is 17.8 Å². The van der Waals surface area contributed by atoms with Gasteiger partial charge in [-0.3, -0.25) is 9.69 Å². The summed E-state index contributed by atoms with van der Waals surface area (Å²) in [5.41, 5.74) is 2.79. The van der Waals surface area contributed by atoms with Crippen LogP contribution >= 0.6 is 0 Å². The highest BCUT2D eigenvalue weighted by molar-refractivity contribution is 5.92. The number of piperazine rings is 1. The first kappa shape index (κ1) is 20.6. The van der Waals surface area contributed by atoms with Gasteiger partial charge < -0.3 is 24.7 Å². The number of H-pyrrole nitrogens is 1. The van der Waals surface area contributed by atoms with Crippen LogP contribution in [0.4, 0.5) is 11.5 Å². The predicted molar refractivity (Wildman–Crippen MR) is 121 cm³/mol. The van der Waals surface area contributed by atoms with E-state index in [1.54, 1.807) is 13.4 Å². The van der Waals surface area contributed by atoms with Crippen molar-refractivity contribution in [1.29, 1.82) is 0 Å². The normalized spacial score (nSPS) is 18.0. The van der Waals surface area contributed by atoms with Crippen molar-refractivity contribution in [3.05, 3.63) is 36.3 Å². The Morgan fingerprint density at radius 1 is 1.12 bits per heavy atom. The molecule has 9 heteroatoms. The van der Waals surface area contributed by atoms with Gasteiger partial charge in [-0.15, -0.1) is 0 Å². The lowest BCUT2D eigenvalue weighted by Gasteiger charge is -2.34. The molecule has 1 saturated heterocycles. The van der Waals surface area contributed by atoms with Crippen LogP contribution in [0.3, 0.4) is 0 Å². The molecule has 1 amide bonds. The van der Waals surface area contributed by atoms with Gasteiger partial charge in [0, 0.05) is 57.1 Å². The van der Waals surface area contributed by atoms with Crippen molar-refractivity contribution in [3.63, 3.8) is 0 Å². The van der Waals surface area contributed by atoms with Gasteiger partial charge in [-0.1, -0.05) is 0 Å². The van der Waals surface area contributed by atoms with E-state index in [2.05, 4.69) is 25.2 Å². The number of amides is 1. The molecule has 0 unspecified atom stereocenters. The number of methoxy groups -OCH3 is 1. The number of rotatable bonds is 1. The Bertz CT molecular complexity index is 1110. The Morgan fingerprint density at radius 3 is 2.84 bits per heavy atom. The van der Waals surface area contributed by atoms with Crippen molar-refractivity contribution < 1.29 is 14.3 Å². The fourth-order valence-electron chi connectivity index (χ4n) is 4.37. The lowest BCUT2D eigenvalue weighted by Crippen LogP contribution is -2.48. The zero-order valence-corrected chi connectivity index (χ0v) is 18.3. The molecule has 2 N–H and O–H groups in total. The number of nitrogens with one attached hydrogen (secondary N) is 2. The number of hydrogen-bond donors (Lipinski definition) is 2. The van der Waals surface area contributed by atoms with Gasteiger partial charge in [-0.2, -0.15) is 0 Å². The van der Waals surface area contributed by atoms with E-state index in [1.165, 1.54) is 0 Å². The molecule has 0 atom stereocenters. The van der Waals surface area contributed by atoms with Crippen LogP contribution < -0.4 is 14.8 Å². The molecule has 3 aromatic rings. The third-order valence-corrected chi connectivity index (χ3v) is 6.14. The maximum absolute atomic E-state index is 12.6. The van der Waals surface area contributed by atoms with Crippen LogP contribution in [-0.4, -0.2) is 70.6 Å². The van der Waals surface area contributed by atoms with Crippen LogP contribution in [0.5, 0.6) is 11.5 Å². The van der Waals surface area contributed by atoms with E-state index in [9.17, 15) is 4.79 Å². The number of ether oxygens (including phenoxy) is 2. The number of nitrogens with zero attached hydrogens (tertiary/aromatic N) is 4. The van der Waals surface area contributed by atoms with Crippen molar-refractivity contribution >= 4 is 28.4 Å². The molecule has 0 radical (unpaired) electrons. The minimum atomic E-state index is 0.234. The summed E-state index contributed by atoms with van der Waals surface area (Å²) in [6, 6.07) is 5.75. The van der Waals surface area contributed by atoms with Gasteiger partial charge in [-0.05, 0) is 30.5 Å². The molecule has 0 spiro atoms. The summed E-state index contributed by atoms with van der Waals surface area (Å²) in [7, 11) is 1.63. The van der Waals surface area contributed by atoms with E-state index in [4.69, 9.17) is 9.47 Å². The largest absolute Gasteiger partial charge is 0.493 e. The van der Waals surface area contributed by atoms with E-state index in [0.29, 0.717) is 24.5 Å². The molecular weight excluding hydrogens is 408 g/mol. The van der Waals surface area contributed by atoms with Gasteiger partial charge >= 0.3 is 0 Å². The van der Waals surface area contributed by atoms with Gasteiger partial charge in [0.05, 0.1) is 19.1 Å². The summed E-state index contributed by atoms with van der Waals surface area (Å²) >= 11 is 0. The standard InChI is InChI=1S/C23H28N6O3/c1-31-18-6-5-17-12-19(18)32-11-3-2-4-20(30)29-9-7-28(8-10-29)14-16-13-24-22-21(16)23(27-17)26-15-25-22/h5-6,12-13,15H,2-4,7-11,14H2,1H3,(H2,24,25,26,27). The van der Waals surface area contributed by atoms with Crippen molar-refractivity contribution in [2.24, 2.45) is 0 Å². The van der Waals surface area contributed by atoms with E-state index in [0.717, 1.165) is 73.7 Å². The monoisotopic (exact) mass is 436 g/mol. The highest BCUT2D eigenvalue weighted by Crippen LogP contribution is 2.33. The number of hydrogen-bond acceptors (Lipinski definition) is 7. The molecule has 0 saturated carbocycles. The van der Waals surface area contributed by atoms with Crippen LogP contribution in [0, 0.1) is 0 Å². The average Bonchev–Trinajstić information content (AvgIpc) is 3.22.